The monoisotopic (exact) mass is 443 g/mol. The second-order valence-electron chi connectivity index (χ2n) is 7.60. The first-order chi connectivity index (χ1) is 15.5. The lowest BCUT2D eigenvalue weighted by atomic mass is 10.1. The van der Waals surface area contributed by atoms with Crippen molar-refractivity contribution in [2.24, 2.45) is 0 Å². The molecule has 160 valence electrons. The Bertz CT molecular complexity index is 1460. The Kier molecular flexibility index (Phi) is 5.10. The van der Waals surface area contributed by atoms with Gasteiger partial charge < -0.3 is 19.1 Å². The first-order valence-electron chi connectivity index (χ1n) is 10.4. The third-order valence-corrected chi connectivity index (χ3v) is 6.59. The minimum absolute atomic E-state index is 0.0228. The van der Waals surface area contributed by atoms with Gasteiger partial charge in [0.25, 0.3) is 0 Å². The Balaban J connectivity index is 1.59. The fraction of sp³-hybridized carbons (Fsp3) is 0.0769. The van der Waals surface area contributed by atoms with Crippen molar-refractivity contribution in [3.63, 3.8) is 0 Å². The maximum Gasteiger partial charge on any atom is 0.356 e. The summed E-state index contributed by atoms with van der Waals surface area (Å²) in [5, 5.41) is 2.33. The van der Waals surface area contributed by atoms with Gasteiger partial charge in [0.15, 0.2) is 0 Å². The van der Waals surface area contributed by atoms with Crippen LogP contribution in [0.4, 0.5) is 0 Å². The molecule has 32 heavy (non-hydrogen) atoms. The molecule has 0 fully saturated rings. The van der Waals surface area contributed by atoms with Crippen LogP contribution >= 0.6 is 7.60 Å². The molecule has 0 radical (unpaired) electrons. The van der Waals surface area contributed by atoms with Gasteiger partial charge in [0.1, 0.15) is 5.75 Å². The molecule has 2 N–H and O–H groups in total. The molecule has 0 aliphatic heterocycles. The summed E-state index contributed by atoms with van der Waals surface area (Å²) < 4.78 is 19.4. The van der Waals surface area contributed by atoms with Gasteiger partial charge in [-0.05, 0) is 66.6 Å². The van der Waals surface area contributed by atoms with Crippen molar-refractivity contribution in [1.82, 2.24) is 4.57 Å². The molecule has 0 aliphatic carbocycles. The number of benzene rings is 4. The maximum atomic E-state index is 11.4. The molecule has 5 rings (SSSR count). The van der Waals surface area contributed by atoms with Crippen LogP contribution in [-0.2, 0) is 4.57 Å². The average Bonchev–Trinajstić information content (AvgIpc) is 3.13. The second kappa shape index (κ2) is 7.95. The second-order valence-corrected chi connectivity index (χ2v) is 9.21. The normalized spacial score (nSPS) is 11.8. The highest BCUT2D eigenvalue weighted by Crippen LogP contribution is 2.36. The average molecular weight is 443 g/mol. The molecular weight excluding hydrogens is 421 g/mol. The predicted octanol–water partition coefficient (Wildman–Crippen LogP) is 5.65. The Morgan fingerprint density at radius 3 is 2.06 bits per heavy atom. The van der Waals surface area contributed by atoms with Crippen molar-refractivity contribution in [1.29, 1.82) is 0 Å². The first kappa shape index (κ1) is 20.5. The zero-order valence-electron chi connectivity index (χ0n) is 17.5. The van der Waals surface area contributed by atoms with Crippen LogP contribution in [0.5, 0.6) is 5.75 Å². The summed E-state index contributed by atoms with van der Waals surface area (Å²) in [7, 11) is -4.24. The van der Waals surface area contributed by atoms with Crippen molar-refractivity contribution < 1.29 is 19.1 Å². The predicted molar refractivity (Wildman–Crippen MR) is 129 cm³/mol. The molecule has 1 aromatic heterocycles. The van der Waals surface area contributed by atoms with Gasteiger partial charge in [-0.1, -0.05) is 42.5 Å². The molecule has 1 heterocycles. The smallest absolute Gasteiger partial charge is 0.356 e. The summed E-state index contributed by atoms with van der Waals surface area (Å²) >= 11 is 0. The SMILES string of the molecule is CCOc1ccc2c(c1)c1ccccc1n2-c1ccc(-c2ccc(P(=O)(O)O)cc2)cc1. The lowest BCUT2D eigenvalue weighted by Gasteiger charge is -2.10. The maximum absolute atomic E-state index is 11.4. The molecule has 0 bridgehead atoms. The van der Waals surface area contributed by atoms with Crippen LogP contribution in [0, 0.1) is 0 Å². The van der Waals surface area contributed by atoms with Crippen LogP contribution in [0.3, 0.4) is 0 Å². The summed E-state index contributed by atoms with van der Waals surface area (Å²) in [5.74, 6) is 0.858. The van der Waals surface area contributed by atoms with Crippen molar-refractivity contribution >= 4 is 34.7 Å². The van der Waals surface area contributed by atoms with Crippen molar-refractivity contribution in [2.45, 2.75) is 6.92 Å². The molecule has 0 atom stereocenters. The number of rotatable bonds is 5. The van der Waals surface area contributed by atoms with Crippen molar-refractivity contribution in [2.75, 3.05) is 6.61 Å². The number of hydrogen-bond donors (Lipinski definition) is 2. The number of para-hydroxylation sites is 1. The number of ether oxygens (including phenoxy) is 1. The van der Waals surface area contributed by atoms with Gasteiger partial charge in [0.05, 0.1) is 22.9 Å². The van der Waals surface area contributed by atoms with E-state index in [9.17, 15) is 14.4 Å². The van der Waals surface area contributed by atoms with Crippen LogP contribution in [0.25, 0.3) is 38.6 Å². The summed E-state index contributed by atoms with van der Waals surface area (Å²) in [5.41, 5.74) is 5.14. The number of hydrogen-bond acceptors (Lipinski definition) is 2. The van der Waals surface area contributed by atoms with Gasteiger partial charge in [-0.25, -0.2) is 0 Å². The number of nitrogens with zero attached hydrogens (tertiary/aromatic N) is 1. The van der Waals surface area contributed by atoms with Gasteiger partial charge in [-0.3, -0.25) is 4.57 Å². The topological polar surface area (TPSA) is 71.7 Å². The van der Waals surface area contributed by atoms with E-state index in [0.717, 1.165) is 39.0 Å². The third-order valence-electron chi connectivity index (χ3n) is 5.62. The molecule has 0 unspecified atom stereocenters. The van der Waals surface area contributed by atoms with Gasteiger partial charge in [0, 0.05) is 16.5 Å². The van der Waals surface area contributed by atoms with E-state index in [1.54, 1.807) is 12.1 Å². The van der Waals surface area contributed by atoms with E-state index in [0.29, 0.717) is 6.61 Å². The van der Waals surface area contributed by atoms with E-state index in [4.69, 9.17) is 4.74 Å². The molecule has 0 aliphatic rings. The summed E-state index contributed by atoms with van der Waals surface area (Å²) in [4.78, 5) is 18.6. The molecule has 6 heteroatoms. The highest BCUT2D eigenvalue weighted by Gasteiger charge is 2.16. The minimum atomic E-state index is -4.24. The molecule has 5 aromatic rings. The van der Waals surface area contributed by atoms with E-state index in [1.165, 1.54) is 17.5 Å². The molecular formula is C26H22NO4P. The number of fused-ring (bicyclic) bond motifs is 3. The highest BCUT2D eigenvalue weighted by atomic mass is 31.2. The van der Waals surface area contributed by atoms with Crippen molar-refractivity contribution in [3.05, 3.63) is 91.0 Å². The molecule has 0 spiro atoms. The Labute approximate surface area is 185 Å². The fourth-order valence-corrected chi connectivity index (χ4v) is 4.68. The Morgan fingerprint density at radius 2 is 1.41 bits per heavy atom. The quantitative estimate of drug-likeness (QED) is 0.344. The van der Waals surface area contributed by atoms with Gasteiger partial charge in [-0.2, -0.15) is 0 Å². The summed E-state index contributed by atoms with van der Waals surface area (Å²) in [6, 6.07) is 29.1. The Hall–Kier alpha value is -3.37. The van der Waals surface area contributed by atoms with Crippen LogP contribution < -0.4 is 10.0 Å². The van der Waals surface area contributed by atoms with Crippen LogP contribution in [-0.4, -0.2) is 21.0 Å². The largest absolute Gasteiger partial charge is 0.494 e. The minimum Gasteiger partial charge on any atom is -0.494 e. The van der Waals surface area contributed by atoms with Gasteiger partial charge in [-0.15, -0.1) is 0 Å². The fourth-order valence-electron chi connectivity index (χ4n) is 4.14. The van der Waals surface area contributed by atoms with Gasteiger partial charge >= 0.3 is 7.60 Å². The lowest BCUT2D eigenvalue weighted by molar-refractivity contribution is 0.341. The van der Waals surface area contributed by atoms with E-state index < -0.39 is 7.60 Å². The summed E-state index contributed by atoms with van der Waals surface area (Å²) in [6.45, 7) is 2.61. The zero-order chi connectivity index (χ0) is 22.3. The van der Waals surface area contributed by atoms with E-state index in [1.807, 2.05) is 37.3 Å². The van der Waals surface area contributed by atoms with E-state index >= 15 is 0 Å². The zero-order valence-corrected chi connectivity index (χ0v) is 18.4. The molecule has 0 saturated carbocycles. The van der Waals surface area contributed by atoms with Crippen LogP contribution in [0.1, 0.15) is 6.92 Å². The van der Waals surface area contributed by atoms with Crippen LogP contribution in [0.15, 0.2) is 91.0 Å². The van der Waals surface area contributed by atoms with Gasteiger partial charge in [0.2, 0.25) is 0 Å². The molecule has 0 amide bonds. The third kappa shape index (κ3) is 3.61. The lowest BCUT2D eigenvalue weighted by Crippen LogP contribution is -2.02. The standard InChI is InChI=1S/C26H22NO4P/c1-2-31-21-13-16-26-24(17-21)23-5-3-4-6-25(23)27(26)20-11-7-18(8-12-20)19-9-14-22(15-10-19)32(28,29)30/h3-17H,2H2,1H3,(H2,28,29,30). The number of aromatic nitrogens is 1. The van der Waals surface area contributed by atoms with Crippen molar-refractivity contribution in [3.8, 4) is 22.6 Å². The summed E-state index contributed by atoms with van der Waals surface area (Å²) in [6.07, 6.45) is 0. The first-order valence-corrected chi connectivity index (χ1v) is 12.0. The van der Waals surface area contributed by atoms with Crippen LogP contribution in [0.2, 0.25) is 0 Å². The Morgan fingerprint density at radius 1 is 0.781 bits per heavy atom. The van der Waals surface area contributed by atoms with E-state index in [-0.39, 0.29) is 5.30 Å². The highest BCUT2D eigenvalue weighted by molar-refractivity contribution is 7.60. The molecule has 0 saturated heterocycles. The van der Waals surface area contributed by atoms with E-state index in [2.05, 4.69) is 41.0 Å². The molecule has 4 aromatic carbocycles. The molecule has 5 nitrogen and oxygen atoms in total.